The van der Waals surface area contributed by atoms with Gasteiger partial charge in [-0.3, -0.25) is 9.69 Å². The van der Waals surface area contributed by atoms with Crippen molar-refractivity contribution < 1.29 is 19.7 Å². The van der Waals surface area contributed by atoms with Crippen molar-refractivity contribution in [3.05, 3.63) is 124 Å². The van der Waals surface area contributed by atoms with Crippen molar-refractivity contribution in [2.75, 3.05) is 19.7 Å². The Balaban J connectivity index is 1.61. The van der Waals surface area contributed by atoms with Crippen LogP contribution in [0.2, 0.25) is 5.02 Å². The Kier molecular flexibility index (Phi) is 14.4. The van der Waals surface area contributed by atoms with Crippen LogP contribution in [-0.2, 0) is 12.8 Å². The van der Waals surface area contributed by atoms with Crippen molar-refractivity contribution in [2.45, 2.75) is 71.9 Å². The smallest absolute Gasteiger partial charge is 0.251 e. The number of halogens is 1. The SMILES string of the molecule is C=C/C=C(\C=C/C)[C@@H](CCN(C(C)C)C(C)C)c1cc(CCOc2ccc(CCNC(=O)c3ccc(O)c(Cl)c3)cc2)ccc1O. The molecule has 0 saturated heterocycles. The van der Waals surface area contributed by atoms with Gasteiger partial charge >= 0.3 is 0 Å². The zero-order valence-corrected chi connectivity index (χ0v) is 28.6. The molecule has 0 spiro atoms. The van der Waals surface area contributed by atoms with Crippen LogP contribution in [0, 0.1) is 0 Å². The molecule has 1 atom stereocenters. The lowest BCUT2D eigenvalue weighted by molar-refractivity contribution is 0.0954. The first-order chi connectivity index (χ1) is 22.0. The van der Waals surface area contributed by atoms with Crippen molar-refractivity contribution in [1.82, 2.24) is 10.2 Å². The van der Waals surface area contributed by atoms with Crippen molar-refractivity contribution in [3.8, 4) is 17.2 Å². The Hall–Kier alpha value is -4.00. The summed E-state index contributed by atoms with van der Waals surface area (Å²) in [6.45, 7) is 16.7. The van der Waals surface area contributed by atoms with Crippen molar-refractivity contribution in [1.29, 1.82) is 0 Å². The Morgan fingerprint density at radius 1 is 0.957 bits per heavy atom. The summed E-state index contributed by atoms with van der Waals surface area (Å²) in [5.41, 5.74) is 4.61. The highest BCUT2D eigenvalue weighted by atomic mass is 35.5. The summed E-state index contributed by atoms with van der Waals surface area (Å²) in [7, 11) is 0. The number of rotatable bonds is 17. The summed E-state index contributed by atoms with van der Waals surface area (Å²) in [6, 6.07) is 19.0. The topological polar surface area (TPSA) is 82.0 Å². The highest BCUT2D eigenvalue weighted by Crippen LogP contribution is 2.36. The average Bonchev–Trinajstić information content (AvgIpc) is 3.02. The van der Waals surface area contributed by atoms with Gasteiger partial charge in [0.25, 0.3) is 5.91 Å². The summed E-state index contributed by atoms with van der Waals surface area (Å²) in [5, 5.41) is 23.6. The molecule has 0 radical (unpaired) electrons. The molecule has 0 fully saturated rings. The van der Waals surface area contributed by atoms with Crippen LogP contribution in [0.4, 0.5) is 0 Å². The molecule has 0 unspecified atom stereocenters. The van der Waals surface area contributed by atoms with Gasteiger partial charge in [-0.1, -0.05) is 66.7 Å². The minimum Gasteiger partial charge on any atom is -0.508 e. The summed E-state index contributed by atoms with van der Waals surface area (Å²) in [5.74, 6) is 0.798. The van der Waals surface area contributed by atoms with Gasteiger partial charge in [0.15, 0.2) is 0 Å². The van der Waals surface area contributed by atoms with E-state index in [2.05, 4.69) is 56.6 Å². The first-order valence-corrected chi connectivity index (χ1v) is 16.4. The second kappa shape index (κ2) is 18.2. The van der Waals surface area contributed by atoms with E-state index in [1.165, 1.54) is 18.2 Å². The summed E-state index contributed by atoms with van der Waals surface area (Å²) in [4.78, 5) is 14.9. The molecule has 0 aliphatic carbocycles. The molecule has 0 aromatic heterocycles. The van der Waals surface area contributed by atoms with Gasteiger partial charge in [0, 0.05) is 42.1 Å². The molecule has 6 nitrogen and oxygen atoms in total. The Morgan fingerprint density at radius 3 is 2.26 bits per heavy atom. The molecule has 3 aromatic carbocycles. The predicted molar refractivity (Wildman–Crippen MR) is 190 cm³/mol. The van der Waals surface area contributed by atoms with E-state index in [1.54, 1.807) is 6.07 Å². The summed E-state index contributed by atoms with van der Waals surface area (Å²) in [6.07, 6.45) is 10.2. The summed E-state index contributed by atoms with van der Waals surface area (Å²) < 4.78 is 6.07. The first-order valence-electron chi connectivity index (χ1n) is 16.0. The van der Waals surface area contributed by atoms with Crippen LogP contribution < -0.4 is 10.1 Å². The monoisotopic (exact) mass is 644 g/mol. The number of hydrogen-bond donors (Lipinski definition) is 3. The molecule has 0 aliphatic heterocycles. The number of carbonyl (C=O) groups is 1. The van der Waals surface area contributed by atoms with Crippen LogP contribution in [0.3, 0.4) is 0 Å². The van der Waals surface area contributed by atoms with E-state index < -0.39 is 0 Å². The number of allylic oxidation sites excluding steroid dienone is 5. The number of benzene rings is 3. The molecule has 0 bridgehead atoms. The Labute approximate surface area is 280 Å². The van der Waals surface area contributed by atoms with E-state index in [4.69, 9.17) is 16.3 Å². The third-order valence-corrected chi connectivity index (χ3v) is 8.34. The molecule has 46 heavy (non-hydrogen) atoms. The lowest BCUT2D eigenvalue weighted by atomic mass is 9.85. The number of aromatic hydroxyl groups is 2. The highest BCUT2D eigenvalue weighted by Gasteiger charge is 2.22. The van der Waals surface area contributed by atoms with Gasteiger partial charge < -0.3 is 20.3 Å². The fraction of sp³-hybridized carbons (Fsp3) is 0.359. The van der Waals surface area contributed by atoms with Gasteiger partial charge in [-0.25, -0.2) is 0 Å². The average molecular weight is 645 g/mol. The number of nitrogens with one attached hydrogen (secondary N) is 1. The minimum absolute atomic E-state index is 0.0197. The Bertz CT molecular complexity index is 1490. The zero-order valence-electron chi connectivity index (χ0n) is 27.8. The molecular formula is C39H49ClN2O4. The highest BCUT2D eigenvalue weighted by molar-refractivity contribution is 6.32. The van der Waals surface area contributed by atoms with Crippen LogP contribution in [0.1, 0.15) is 74.0 Å². The number of carbonyl (C=O) groups excluding carboxylic acids is 1. The van der Waals surface area contributed by atoms with E-state index in [-0.39, 0.29) is 22.6 Å². The number of phenolic OH excluding ortho intramolecular Hbond substituents is 2. The maximum Gasteiger partial charge on any atom is 0.251 e. The Morgan fingerprint density at radius 2 is 1.63 bits per heavy atom. The number of hydrogen-bond acceptors (Lipinski definition) is 5. The molecule has 3 rings (SSSR count). The van der Waals surface area contributed by atoms with Gasteiger partial charge in [0.2, 0.25) is 0 Å². The standard InChI is InChI=1S/C39H49ClN2O4/c1-7-9-31(10-8-2)34(20-23-42(27(3)4)28(5)6)35-25-30(13-17-37(35)43)21-24-46-33-15-11-29(12-16-33)19-22-41-39(45)32-14-18-38(44)36(40)26-32/h7-18,25-28,34,43-44H,1,19-24H2,2-6H3,(H,41,45)/b10-8-,31-9+/t34-/m1/s1. The fourth-order valence-corrected chi connectivity index (χ4v) is 5.84. The first kappa shape index (κ1) is 36.5. The van der Waals surface area contributed by atoms with Crippen LogP contribution in [0.25, 0.3) is 0 Å². The summed E-state index contributed by atoms with van der Waals surface area (Å²) >= 11 is 5.91. The van der Waals surface area contributed by atoms with Crippen LogP contribution in [0.15, 0.2) is 97.1 Å². The van der Waals surface area contributed by atoms with E-state index >= 15 is 0 Å². The third-order valence-electron chi connectivity index (χ3n) is 8.03. The third kappa shape index (κ3) is 10.8. The van der Waals surface area contributed by atoms with Crippen LogP contribution in [0.5, 0.6) is 17.2 Å². The molecule has 0 saturated carbocycles. The molecule has 0 aliphatic rings. The van der Waals surface area contributed by atoms with Gasteiger partial charge in [0.05, 0.1) is 11.6 Å². The second-order valence-corrected chi connectivity index (χ2v) is 12.4. The minimum atomic E-state index is -0.242. The van der Waals surface area contributed by atoms with Crippen LogP contribution >= 0.6 is 11.6 Å². The van der Waals surface area contributed by atoms with Crippen molar-refractivity contribution in [2.24, 2.45) is 0 Å². The molecular weight excluding hydrogens is 596 g/mol. The molecule has 7 heteroatoms. The van der Waals surface area contributed by atoms with E-state index in [0.29, 0.717) is 49.4 Å². The maximum atomic E-state index is 12.4. The van der Waals surface area contributed by atoms with Crippen molar-refractivity contribution >= 4 is 17.5 Å². The lowest BCUT2D eigenvalue weighted by Gasteiger charge is -2.32. The van der Waals surface area contributed by atoms with E-state index in [9.17, 15) is 15.0 Å². The maximum absolute atomic E-state index is 12.4. The molecule has 1 amide bonds. The largest absolute Gasteiger partial charge is 0.508 e. The van der Waals surface area contributed by atoms with E-state index in [1.807, 2.05) is 55.5 Å². The molecule has 3 N–H and O–H groups in total. The van der Waals surface area contributed by atoms with E-state index in [0.717, 1.165) is 41.0 Å². The lowest BCUT2D eigenvalue weighted by Crippen LogP contribution is -2.38. The molecule has 246 valence electrons. The van der Waals surface area contributed by atoms with Crippen LogP contribution in [-0.4, -0.2) is 52.8 Å². The predicted octanol–water partition coefficient (Wildman–Crippen LogP) is 8.63. The molecule has 0 heterocycles. The van der Waals surface area contributed by atoms with Crippen molar-refractivity contribution in [3.63, 3.8) is 0 Å². The zero-order chi connectivity index (χ0) is 33.6. The number of ether oxygens (including phenoxy) is 1. The second-order valence-electron chi connectivity index (χ2n) is 12.0. The van der Waals surface area contributed by atoms with Gasteiger partial charge in [-0.05, 0) is 107 Å². The van der Waals surface area contributed by atoms with Gasteiger partial charge in [0.1, 0.15) is 17.2 Å². The molecule has 3 aromatic rings. The number of nitrogens with zero attached hydrogens (tertiary/aromatic N) is 1. The number of phenols is 2. The van der Waals surface area contributed by atoms with Gasteiger partial charge in [-0.2, -0.15) is 0 Å². The quantitative estimate of drug-likeness (QED) is 0.128. The normalized spacial score (nSPS) is 12.7. The van der Waals surface area contributed by atoms with Gasteiger partial charge in [-0.15, -0.1) is 0 Å². The number of amides is 1. The fourth-order valence-electron chi connectivity index (χ4n) is 5.66.